The van der Waals surface area contributed by atoms with Crippen molar-refractivity contribution in [3.05, 3.63) is 56.5 Å². The van der Waals surface area contributed by atoms with E-state index in [1.165, 1.54) is 19.2 Å². The van der Waals surface area contributed by atoms with E-state index >= 15 is 0 Å². The fourth-order valence-corrected chi connectivity index (χ4v) is 4.88. The van der Waals surface area contributed by atoms with Crippen LogP contribution in [0.5, 0.6) is 0 Å². The minimum Gasteiger partial charge on any atom is -0.269 e. The molecule has 0 heterocycles. The number of aryl methyl sites for hydroxylation is 1. The lowest BCUT2D eigenvalue weighted by Gasteiger charge is -2.21. The molecule has 0 atom stereocenters. The summed E-state index contributed by atoms with van der Waals surface area (Å²) in [6, 6.07) is 10.1. The third-order valence-electron chi connectivity index (χ3n) is 2.98. The Bertz CT molecular complexity index is 753. The van der Waals surface area contributed by atoms with E-state index in [1.807, 2.05) is 19.1 Å². The molecule has 0 radical (unpaired) electrons. The molecular formula is C14H12BrCl2NO2S. The first-order chi connectivity index (χ1) is 9.73. The summed E-state index contributed by atoms with van der Waals surface area (Å²) in [5.41, 5.74) is 1.58. The fraction of sp³-hybridized carbons (Fsp3) is 0.143. The Labute approximate surface area is 142 Å². The van der Waals surface area contributed by atoms with Crippen LogP contribution < -0.4 is 4.31 Å². The first-order valence-electron chi connectivity index (χ1n) is 5.93. The highest BCUT2D eigenvalue weighted by Crippen LogP contribution is 2.35. The van der Waals surface area contributed by atoms with E-state index in [-0.39, 0.29) is 14.9 Å². The van der Waals surface area contributed by atoms with E-state index in [0.717, 1.165) is 9.87 Å². The predicted molar refractivity (Wildman–Crippen MR) is 90.9 cm³/mol. The van der Waals surface area contributed by atoms with Crippen LogP contribution in [-0.2, 0) is 10.0 Å². The number of hydrogen-bond acceptors (Lipinski definition) is 2. The predicted octanol–water partition coefficient (Wildman–Crippen LogP) is 4.89. The Morgan fingerprint density at radius 1 is 1.05 bits per heavy atom. The van der Waals surface area contributed by atoms with Gasteiger partial charge in [-0.3, -0.25) is 4.31 Å². The fourth-order valence-electron chi connectivity index (χ4n) is 1.81. The van der Waals surface area contributed by atoms with Gasteiger partial charge in [0, 0.05) is 11.5 Å². The van der Waals surface area contributed by atoms with Crippen molar-refractivity contribution in [2.45, 2.75) is 11.8 Å². The average molecular weight is 409 g/mol. The van der Waals surface area contributed by atoms with Gasteiger partial charge >= 0.3 is 0 Å². The van der Waals surface area contributed by atoms with E-state index < -0.39 is 10.0 Å². The van der Waals surface area contributed by atoms with Crippen LogP contribution in [-0.4, -0.2) is 15.5 Å². The summed E-state index contributed by atoms with van der Waals surface area (Å²) in [7, 11) is -2.37. The second-order valence-corrected chi connectivity index (χ2v) is 8.14. The van der Waals surface area contributed by atoms with Crippen LogP contribution in [0.1, 0.15) is 5.56 Å². The van der Waals surface area contributed by atoms with E-state index in [9.17, 15) is 8.42 Å². The van der Waals surface area contributed by atoms with E-state index in [0.29, 0.717) is 10.2 Å². The van der Waals surface area contributed by atoms with Crippen molar-refractivity contribution in [1.29, 1.82) is 0 Å². The number of nitrogens with zero attached hydrogens (tertiary/aromatic N) is 1. The molecule has 0 amide bonds. The van der Waals surface area contributed by atoms with Crippen LogP contribution in [0.3, 0.4) is 0 Å². The van der Waals surface area contributed by atoms with Crippen LogP contribution in [0, 0.1) is 6.92 Å². The number of halogens is 3. The highest BCUT2D eigenvalue weighted by molar-refractivity contribution is 9.10. The normalized spacial score (nSPS) is 11.5. The average Bonchev–Trinajstić information content (AvgIpc) is 2.37. The zero-order valence-corrected chi connectivity index (χ0v) is 15.2. The molecule has 0 aromatic heterocycles. The van der Waals surface area contributed by atoms with Gasteiger partial charge in [0.25, 0.3) is 10.0 Å². The summed E-state index contributed by atoms with van der Waals surface area (Å²) in [5, 5.41) is 0.154. The van der Waals surface area contributed by atoms with Crippen LogP contribution in [0.2, 0.25) is 10.0 Å². The lowest BCUT2D eigenvalue weighted by molar-refractivity contribution is 0.594. The summed E-state index contributed by atoms with van der Waals surface area (Å²) >= 11 is 15.3. The van der Waals surface area contributed by atoms with E-state index in [1.54, 1.807) is 12.1 Å². The highest BCUT2D eigenvalue weighted by Gasteiger charge is 2.27. The standard InChI is InChI=1S/C14H12BrCl2NO2S/c1-9-3-5-11(6-4-9)18(2)21(19,20)14-12(16)7-10(15)8-13(14)17/h3-8H,1-2H3. The molecule has 0 spiro atoms. The summed E-state index contributed by atoms with van der Waals surface area (Å²) in [6.45, 7) is 1.93. The number of rotatable bonds is 3. The van der Waals surface area contributed by atoms with Crippen molar-refractivity contribution in [1.82, 2.24) is 0 Å². The summed E-state index contributed by atoms with van der Waals surface area (Å²) in [5.74, 6) is 0. The van der Waals surface area contributed by atoms with Crippen molar-refractivity contribution in [2.75, 3.05) is 11.4 Å². The monoisotopic (exact) mass is 407 g/mol. The molecule has 0 N–H and O–H groups in total. The minimum atomic E-state index is -3.83. The maximum atomic E-state index is 12.7. The molecule has 7 heteroatoms. The third kappa shape index (κ3) is 3.37. The second kappa shape index (κ2) is 6.16. The molecule has 2 aromatic carbocycles. The molecule has 0 aliphatic heterocycles. The van der Waals surface area contributed by atoms with Crippen molar-refractivity contribution in [2.24, 2.45) is 0 Å². The van der Waals surface area contributed by atoms with Gasteiger partial charge in [0.2, 0.25) is 0 Å². The van der Waals surface area contributed by atoms with Gasteiger partial charge < -0.3 is 0 Å². The molecule has 0 bridgehead atoms. The highest BCUT2D eigenvalue weighted by atomic mass is 79.9. The Kier molecular flexibility index (Phi) is 4.88. The summed E-state index contributed by atoms with van der Waals surface area (Å²) in [6.07, 6.45) is 0. The topological polar surface area (TPSA) is 37.4 Å². The quantitative estimate of drug-likeness (QED) is 0.724. The first kappa shape index (κ1) is 16.6. The van der Waals surface area contributed by atoms with Gasteiger partial charge in [0.15, 0.2) is 0 Å². The molecule has 0 saturated carbocycles. The lowest BCUT2D eigenvalue weighted by Crippen LogP contribution is -2.27. The molecule has 0 fully saturated rings. The zero-order chi connectivity index (χ0) is 15.8. The van der Waals surface area contributed by atoms with Crippen molar-refractivity contribution in [3.63, 3.8) is 0 Å². The van der Waals surface area contributed by atoms with Crippen molar-refractivity contribution in [3.8, 4) is 0 Å². The maximum Gasteiger partial charge on any atom is 0.267 e. The van der Waals surface area contributed by atoms with E-state index in [4.69, 9.17) is 23.2 Å². The number of benzene rings is 2. The maximum absolute atomic E-state index is 12.7. The molecule has 112 valence electrons. The lowest BCUT2D eigenvalue weighted by atomic mass is 10.2. The van der Waals surface area contributed by atoms with Gasteiger partial charge in [0.05, 0.1) is 15.7 Å². The van der Waals surface area contributed by atoms with Crippen LogP contribution in [0.4, 0.5) is 5.69 Å². The SMILES string of the molecule is Cc1ccc(N(C)S(=O)(=O)c2c(Cl)cc(Br)cc2Cl)cc1. The number of sulfonamides is 1. The molecular weight excluding hydrogens is 397 g/mol. The van der Waals surface area contributed by atoms with Crippen LogP contribution in [0.15, 0.2) is 45.8 Å². The Hall–Kier alpha value is -0.750. The number of hydrogen-bond donors (Lipinski definition) is 0. The first-order valence-corrected chi connectivity index (χ1v) is 8.92. The smallest absolute Gasteiger partial charge is 0.267 e. The second-order valence-electron chi connectivity index (χ2n) is 4.51. The molecule has 2 aromatic rings. The Morgan fingerprint density at radius 2 is 1.52 bits per heavy atom. The minimum absolute atomic E-state index is 0.0772. The third-order valence-corrected chi connectivity index (χ3v) is 6.14. The molecule has 0 aliphatic rings. The Balaban J connectivity index is 2.54. The van der Waals surface area contributed by atoms with Crippen LogP contribution in [0.25, 0.3) is 0 Å². The van der Waals surface area contributed by atoms with Gasteiger partial charge in [-0.05, 0) is 31.2 Å². The van der Waals surface area contributed by atoms with Gasteiger partial charge in [-0.25, -0.2) is 8.42 Å². The summed E-state index contributed by atoms with van der Waals surface area (Å²) in [4.78, 5) is -0.0999. The Morgan fingerprint density at radius 3 is 2.00 bits per heavy atom. The zero-order valence-electron chi connectivity index (χ0n) is 11.3. The summed E-state index contributed by atoms with van der Waals surface area (Å²) < 4.78 is 27.2. The van der Waals surface area contributed by atoms with Gasteiger partial charge in [0.1, 0.15) is 4.90 Å². The molecule has 3 nitrogen and oxygen atoms in total. The molecule has 21 heavy (non-hydrogen) atoms. The van der Waals surface area contributed by atoms with Crippen LogP contribution >= 0.6 is 39.1 Å². The van der Waals surface area contributed by atoms with E-state index in [2.05, 4.69) is 15.9 Å². The largest absolute Gasteiger partial charge is 0.269 e. The molecule has 0 saturated heterocycles. The number of anilines is 1. The molecule has 2 rings (SSSR count). The van der Waals surface area contributed by atoms with Gasteiger partial charge in [-0.2, -0.15) is 0 Å². The van der Waals surface area contributed by atoms with Crippen molar-refractivity contribution < 1.29 is 8.42 Å². The van der Waals surface area contributed by atoms with Gasteiger partial charge in [-0.1, -0.05) is 56.8 Å². The van der Waals surface area contributed by atoms with Gasteiger partial charge in [-0.15, -0.1) is 0 Å². The molecule has 0 aliphatic carbocycles. The molecule has 0 unspecified atom stereocenters. The van der Waals surface area contributed by atoms with Crippen molar-refractivity contribution >= 4 is 54.8 Å².